The van der Waals surface area contributed by atoms with Gasteiger partial charge in [-0.2, -0.15) is 0 Å². The van der Waals surface area contributed by atoms with Crippen LogP contribution >= 0.6 is 0 Å². The third-order valence-corrected chi connectivity index (χ3v) is 1.62. The smallest absolute Gasteiger partial charge is 0.161 e. The zero-order chi connectivity index (χ0) is 10.4. The van der Waals surface area contributed by atoms with Crippen molar-refractivity contribution in [1.29, 1.82) is 0 Å². The fourth-order valence-corrected chi connectivity index (χ4v) is 0.919. The normalized spacial score (nSPS) is 9.86. The van der Waals surface area contributed by atoms with Gasteiger partial charge in [0.2, 0.25) is 0 Å². The monoisotopic (exact) mass is 198 g/mol. The summed E-state index contributed by atoms with van der Waals surface area (Å²) < 4.78 is 17.7. The van der Waals surface area contributed by atoms with Crippen LogP contribution in [0.15, 0.2) is 24.3 Å². The predicted octanol–water partition coefficient (Wildman–Crippen LogP) is 1.16. The molecule has 0 unspecified atom stereocenters. The summed E-state index contributed by atoms with van der Waals surface area (Å²) >= 11 is 0. The second-order valence-corrected chi connectivity index (χ2v) is 2.75. The lowest BCUT2D eigenvalue weighted by molar-refractivity contribution is -0.122. The molecule has 0 spiro atoms. The van der Waals surface area contributed by atoms with Gasteiger partial charge in [0.15, 0.2) is 5.78 Å². The summed E-state index contributed by atoms with van der Waals surface area (Å²) in [6.07, 6.45) is 0.132. The van der Waals surface area contributed by atoms with Crippen molar-refractivity contribution in [3.63, 3.8) is 0 Å². The third-order valence-electron chi connectivity index (χ3n) is 1.62. The van der Waals surface area contributed by atoms with Crippen molar-refractivity contribution in [3.05, 3.63) is 30.1 Å². The molecule has 76 valence electrons. The molecular formula is C10H11FO3. The molecule has 0 atom stereocenters. The Morgan fingerprint density at radius 3 is 2.93 bits per heavy atom. The van der Waals surface area contributed by atoms with Gasteiger partial charge in [-0.1, -0.05) is 6.07 Å². The molecule has 0 aliphatic carbocycles. The zero-order valence-corrected chi connectivity index (χ0v) is 7.57. The first-order valence-corrected chi connectivity index (χ1v) is 4.23. The van der Waals surface area contributed by atoms with Crippen LogP contribution in [0.2, 0.25) is 0 Å². The molecule has 0 aliphatic heterocycles. The third kappa shape index (κ3) is 3.53. The molecule has 0 fully saturated rings. The van der Waals surface area contributed by atoms with Gasteiger partial charge in [-0.3, -0.25) is 4.79 Å². The minimum atomic E-state index is -0.480. The first-order valence-electron chi connectivity index (χ1n) is 4.23. The molecule has 1 aromatic carbocycles. The molecule has 0 amide bonds. The maximum absolute atomic E-state index is 12.6. The molecule has 14 heavy (non-hydrogen) atoms. The fraction of sp³-hybridized carbons (Fsp3) is 0.300. The highest BCUT2D eigenvalue weighted by Crippen LogP contribution is 2.11. The molecule has 0 aliphatic rings. The van der Waals surface area contributed by atoms with E-state index in [2.05, 4.69) is 0 Å². The zero-order valence-electron chi connectivity index (χ0n) is 7.57. The van der Waals surface area contributed by atoms with E-state index in [-0.39, 0.29) is 24.6 Å². The van der Waals surface area contributed by atoms with Crippen LogP contribution in [0.4, 0.5) is 4.39 Å². The Bertz CT molecular complexity index is 312. The molecule has 0 bridgehead atoms. The molecule has 0 saturated heterocycles. The van der Waals surface area contributed by atoms with E-state index in [9.17, 15) is 9.18 Å². The van der Waals surface area contributed by atoms with Crippen molar-refractivity contribution in [2.75, 3.05) is 13.2 Å². The highest BCUT2D eigenvalue weighted by atomic mass is 19.1. The number of carbonyl (C=O) groups is 1. The van der Waals surface area contributed by atoms with E-state index in [1.807, 2.05) is 0 Å². The molecule has 0 heterocycles. The first-order chi connectivity index (χ1) is 6.72. The van der Waals surface area contributed by atoms with Gasteiger partial charge in [0.25, 0.3) is 0 Å². The number of hydrogen-bond acceptors (Lipinski definition) is 3. The predicted molar refractivity (Wildman–Crippen MR) is 48.6 cm³/mol. The van der Waals surface area contributed by atoms with Gasteiger partial charge in [-0.25, -0.2) is 4.39 Å². The molecule has 0 aromatic heterocycles. The Morgan fingerprint density at radius 1 is 1.50 bits per heavy atom. The Balaban J connectivity index is 2.35. The lowest BCUT2D eigenvalue weighted by Gasteiger charge is -2.04. The van der Waals surface area contributed by atoms with Crippen LogP contribution in [-0.2, 0) is 4.79 Å². The van der Waals surface area contributed by atoms with Crippen molar-refractivity contribution >= 4 is 5.78 Å². The van der Waals surface area contributed by atoms with Crippen LogP contribution in [0.5, 0.6) is 5.75 Å². The lowest BCUT2D eigenvalue weighted by Crippen LogP contribution is -2.09. The largest absolute Gasteiger partial charge is 0.493 e. The van der Waals surface area contributed by atoms with Gasteiger partial charge in [-0.05, 0) is 12.1 Å². The van der Waals surface area contributed by atoms with Gasteiger partial charge in [0.1, 0.15) is 18.2 Å². The van der Waals surface area contributed by atoms with E-state index in [1.54, 1.807) is 6.07 Å². The molecular weight excluding hydrogens is 187 g/mol. The lowest BCUT2D eigenvalue weighted by atomic mass is 10.3. The summed E-state index contributed by atoms with van der Waals surface area (Å²) in [5, 5.41) is 8.41. The summed E-state index contributed by atoms with van der Waals surface area (Å²) in [5.41, 5.74) is 0. The van der Waals surface area contributed by atoms with Gasteiger partial charge in [0.05, 0.1) is 6.61 Å². The van der Waals surface area contributed by atoms with E-state index in [0.29, 0.717) is 5.75 Å². The fourth-order valence-electron chi connectivity index (χ4n) is 0.919. The van der Waals surface area contributed by atoms with E-state index in [0.717, 1.165) is 0 Å². The van der Waals surface area contributed by atoms with Crippen LogP contribution < -0.4 is 4.74 Å². The van der Waals surface area contributed by atoms with Crippen molar-refractivity contribution in [2.24, 2.45) is 0 Å². The summed E-state index contributed by atoms with van der Waals surface area (Å²) in [7, 11) is 0. The van der Waals surface area contributed by atoms with Crippen molar-refractivity contribution in [3.8, 4) is 5.75 Å². The summed E-state index contributed by atoms with van der Waals surface area (Å²) in [6, 6.07) is 5.68. The van der Waals surface area contributed by atoms with Gasteiger partial charge in [0, 0.05) is 12.5 Å². The number of halogens is 1. The number of Topliss-reactive ketones (excluding diaryl/α,β-unsaturated/α-hetero) is 1. The van der Waals surface area contributed by atoms with E-state index in [1.165, 1.54) is 18.2 Å². The Morgan fingerprint density at radius 2 is 2.29 bits per heavy atom. The maximum atomic E-state index is 12.6. The van der Waals surface area contributed by atoms with Crippen LogP contribution in [0.3, 0.4) is 0 Å². The van der Waals surface area contributed by atoms with Crippen molar-refractivity contribution < 1.29 is 19.0 Å². The van der Waals surface area contributed by atoms with Gasteiger partial charge < -0.3 is 9.84 Å². The van der Waals surface area contributed by atoms with Crippen molar-refractivity contribution in [1.82, 2.24) is 0 Å². The Labute approximate surface area is 81.1 Å². The van der Waals surface area contributed by atoms with Crippen LogP contribution in [0, 0.1) is 5.82 Å². The van der Waals surface area contributed by atoms with Crippen LogP contribution in [0.25, 0.3) is 0 Å². The molecule has 1 N–H and O–H groups in total. The van der Waals surface area contributed by atoms with Crippen molar-refractivity contribution in [2.45, 2.75) is 6.42 Å². The molecule has 1 rings (SSSR count). The number of carbonyl (C=O) groups excluding carboxylic acids is 1. The van der Waals surface area contributed by atoms with E-state index in [4.69, 9.17) is 9.84 Å². The molecule has 4 heteroatoms. The number of aliphatic hydroxyl groups excluding tert-OH is 1. The summed E-state index contributed by atoms with van der Waals surface area (Å²) in [5.74, 6) is -0.284. The summed E-state index contributed by atoms with van der Waals surface area (Å²) in [4.78, 5) is 10.7. The maximum Gasteiger partial charge on any atom is 0.161 e. The number of ketones is 1. The molecule has 0 saturated carbocycles. The molecule has 0 radical (unpaired) electrons. The molecule has 1 aromatic rings. The second-order valence-electron chi connectivity index (χ2n) is 2.75. The standard InChI is InChI=1S/C10H11FO3/c11-8-2-1-3-10(6-8)14-5-4-9(13)7-12/h1-3,6,12H,4-5,7H2. The average molecular weight is 198 g/mol. The highest BCUT2D eigenvalue weighted by Gasteiger charge is 2.00. The van der Waals surface area contributed by atoms with E-state index >= 15 is 0 Å². The Hall–Kier alpha value is -1.42. The highest BCUT2D eigenvalue weighted by molar-refractivity contribution is 5.79. The quantitative estimate of drug-likeness (QED) is 0.772. The number of ether oxygens (including phenoxy) is 1. The van der Waals surface area contributed by atoms with E-state index < -0.39 is 6.61 Å². The minimum absolute atomic E-state index is 0.132. The topological polar surface area (TPSA) is 46.5 Å². The Kier molecular flexibility index (Phi) is 4.07. The SMILES string of the molecule is O=C(CO)CCOc1cccc(F)c1. The number of hydrogen-bond donors (Lipinski definition) is 1. The van der Waals surface area contributed by atoms with Crippen LogP contribution in [-0.4, -0.2) is 24.1 Å². The van der Waals surface area contributed by atoms with Crippen LogP contribution in [0.1, 0.15) is 6.42 Å². The number of benzene rings is 1. The second kappa shape index (κ2) is 5.34. The minimum Gasteiger partial charge on any atom is -0.493 e. The van der Waals surface area contributed by atoms with Gasteiger partial charge >= 0.3 is 0 Å². The summed E-state index contributed by atoms with van der Waals surface area (Å²) in [6.45, 7) is -0.324. The first kappa shape index (κ1) is 10.7. The molecule has 3 nitrogen and oxygen atoms in total. The number of rotatable bonds is 5. The number of aliphatic hydroxyl groups is 1. The average Bonchev–Trinajstić information content (AvgIpc) is 2.17. The van der Waals surface area contributed by atoms with Gasteiger partial charge in [-0.15, -0.1) is 0 Å².